The zero-order chi connectivity index (χ0) is 13.3. The minimum absolute atomic E-state index is 0.0346. The van der Waals surface area contributed by atoms with Gasteiger partial charge < -0.3 is 5.11 Å². The fourth-order valence-corrected chi connectivity index (χ4v) is 1.52. The third-order valence-corrected chi connectivity index (χ3v) is 2.49. The Labute approximate surface area is 98.6 Å². The van der Waals surface area contributed by atoms with Crippen LogP contribution in [0.3, 0.4) is 0 Å². The molecule has 4 heteroatoms. The van der Waals surface area contributed by atoms with Crippen LogP contribution in [0.2, 0.25) is 0 Å². The summed E-state index contributed by atoms with van der Waals surface area (Å²) >= 11 is 0. The van der Waals surface area contributed by atoms with E-state index < -0.39 is 17.4 Å². The fourth-order valence-electron chi connectivity index (χ4n) is 1.52. The zero-order valence-corrected chi connectivity index (χ0v) is 10.0. The van der Waals surface area contributed by atoms with E-state index in [9.17, 15) is 18.3 Å². The van der Waals surface area contributed by atoms with Gasteiger partial charge in [0.05, 0.1) is 11.2 Å². The molecule has 0 aliphatic heterocycles. The van der Waals surface area contributed by atoms with Crippen molar-refractivity contribution in [3.63, 3.8) is 0 Å². The lowest BCUT2D eigenvalue weighted by molar-refractivity contribution is -0.0894. The second-order valence-electron chi connectivity index (χ2n) is 4.48. The summed E-state index contributed by atoms with van der Waals surface area (Å²) in [5, 5.41) is 9.81. The minimum Gasteiger partial charge on any atom is -0.386 e. The van der Waals surface area contributed by atoms with Crippen LogP contribution in [0, 0.1) is 0 Å². The Kier molecular flexibility index (Phi) is 3.70. The highest BCUT2D eigenvalue weighted by Crippen LogP contribution is 2.34. The van der Waals surface area contributed by atoms with E-state index in [0.717, 1.165) is 6.08 Å². The molecule has 1 aliphatic rings. The molecule has 0 atom stereocenters. The molecular formula is C13H15F3O. The molecule has 0 unspecified atom stereocenters. The molecule has 17 heavy (non-hydrogen) atoms. The average molecular weight is 244 g/mol. The summed E-state index contributed by atoms with van der Waals surface area (Å²) in [6.45, 7) is 4.30. The summed E-state index contributed by atoms with van der Waals surface area (Å²) in [6.07, 6.45) is 0.116. The Morgan fingerprint density at radius 3 is 2.35 bits per heavy atom. The van der Waals surface area contributed by atoms with E-state index in [1.165, 1.54) is 26.8 Å². The standard InChI is InChI=1S/C13H15F3O/c1-9-6-4-5-7-10(12(2,3)17)8-11(9)13(14,15)16/h4,7-8,17H,5H2,1-3H3/b10-7+,11-8+. The van der Waals surface area contributed by atoms with Crippen molar-refractivity contribution in [2.75, 3.05) is 0 Å². The number of alkyl halides is 3. The molecule has 0 aromatic carbocycles. The van der Waals surface area contributed by atoms with Crippen molar-refractivity contribution < 1.29 is 18.3 Å². The van der Waals surface area contributed by atoms with Crippen molar-refractivity contribution in [2.45, 2.75) is 39.0 Å². The summed E-state index contributed by atoms with van der Waals surface area (Å²) in [4.78, 5) is 0. The third kappa shape index (κ3) is 3.62. The molecule has 0 bridgehead atoms. The van der Waals surface area contributed by atoms with Crippen LogP contribution in [0.15, 0.2) is 40.7 Å². The van der Waals surface area contributed by atoms with Gasteiger partial charge >= 0.3 is 6.18 Å². The molecule has 0 radical (unpaired) electrons. The topological polar surface area (TPSA) is 20.2 Å². The summed E-state index contributed by atoms with van der Waals surface area (Å²) < 4.78 is 38.4. The molecule has 0 saturated carbocycles. The van der Waals surface area contributed by atoms with Crippen LogP contribution >= 0.6 is 0 Å². The lowest BCUT2D eigenvalue weighted by atomic mass is 9.92. The average Bonchev–Trinajstić information content (AvgIpc) is 2.07. The Morgan fingerprint density at radius 2 is 1.88 bits per heavy atom. The SMILES string of the molecule is CC1=C=CC/C=C(C(C)(C)O)\C=C/1C(F)(F)F. The zero-order valence-electron chi connectivity index (χ0n) is 10.0. The number of allylic oxidation sites excluding steroid dienone is 3. The van der Waals surface area contributed by atoms with Gasteiger partial charge in [0.15, 0.2) is 0 Å². The van der Waals surface area contributed by atoms with E-state index >= 15 is 0 Å². The molecule has 1 aliphatic carbocycles. The largest absolute Gasteiger partial charge is 0.417 e. The highest BCUT2D eigenvalue weighted by molar-refractivity contribution is 5.42. The minimum atomic E-state index is -4.44. The fraction of sp³-hybridized carbons (Fsp3) is 0.462. The van der Waals surface area contributed by atoms with Crippen molar-refractivity contribution in [1.82, 2.24) is 0 Å². The number of hydrogen-bond acceptors (Lipinski definition) is 1. The highest BCUT2D eigenvalue weighted by Gasteiger charge is 2.36. The van der Waals surface area contributed by atoms with E-state index in [4.69, 9.17) is 0 Å². The Bertz CT molecular complexity index is 425. The monoisotopic (exact) mass is 244 g/mol. The van der Waals surface area contributed by atoms with Crippen molar-refractivity contribution in [3.05, 3.63) is 40.7 Å². The number of hydrogen-bond donors (Lipinski definition) is 1. The highest BCUT2D eigenvalue weighted by atomic mass is 19.4. The van der Waals surface area contributed by atoms with Gasteiger partial charge in [0, 0.05) is 5.57 Å². The van der Waals surface area contributed by atoms with E-state index in [1.807, 2.05) is 0 Å². The van der Waals surface area contributed by atoms with Crippen LogP contribution in [-0.2, 0) is 0 Å². The van der Waals surface area contributed by atoms with Crippen molar-refractivity contribution in [3.8, 4) is 0 Å². The van der Waals surface area contributed by atoms with Gasteiger partial charge in [0.1, 0.15) is 0 Å². The lowest BCUT2D eigenvalue weighted by Crippen LogP contribution is -2.23. The molecule has 0 aromatic heterocycles. The first-order chi connectivity index (χ1) is 7.62. The summed E-state index contributed by atoms with van der Waals surface area (Å²) in [6, 6.07) is 0. The lowest BCUT2D eigenvalue weighted by Gasteiger charge is -2.22. The second kappa shape index (κ2) is 4.55. The molecule has 0 fully saturated rings. The van der Waals surface area contributed by atoms with E-state index in [1.54, 1.807) is 6.08 Å². The van der Waals surface area contributed by atoms with Gasteiger partial charge in [-0.25, -0.2) is 0 Å². The Hall–Kier alpha value is -1.25. The van der Waals surface area contributed by atoms with E-state index in [-0.39, 0.29) is 11.1 Å². The molecule has 0 amide bonds. The van der Waals surface area contributed by atoms with Gasteiger partial charge in [-0.15, -0.1) is 5.73 Å². The van der Waals surface area contributed by atoms with E-state index in [2.05, 4.69) is 5.73 Å². The molecule has 0 aromatic rings. The van der Waals surface area contributed by atoms with Gasteiger partial charge in [-0.2, -0.15) is 13.2 Å². The molecular weight excluding hydrogens is 229 g/mol. The van der Waals surface area contributed by atoms with Crippen LogP contribution in [0.25, 0.3) is 0 Å². The third-order valence-electron chi connectivity index (χ3n) is 2.49. The van der Waals surface area contributed by atoms with Gasteiger partial charge in [-0.3, -0.25) is 0 Å². The van der Waals surface area contributed by atoms with Gasteiger partial charge in [-0.05, 0) is 44.9 Å². The summed E-state index contributed by atoms with van der Waals surface area (Å²) in [5.74, 6) is 0. The molecule has 1 rings (SSSR count). The Balaban J connectivity index is 3.33. The first kappa shape index (κ1) is 13.8. The van der Waals surface area contributed by atoms with Crippen molar-refractivity contribution >= 4 is 0 Å². The molecule has 1 nitrogen and oxygen atoms in total. The van der Waals surface area contributed by atoms with Crippen LogP contribution < -0.4 is 0 Å². The van der Waals surface area contributed by atoms with Crippen molar-refractivity contribution in [2.24, 2.45) is 0 Å². The maximum absolute atomic E-state index is 12.8. The molecule has 0 heterocycles. The first-order valence-electron chi connectivity index (χ1n) is 5.26. The molecule has 1 N–H and O–H groups in total. The summed E-state index contributed by atoms with van der Waals surface area (Å²) in [7, 11) is 0. The maximum atomic E-state index is 12.8. The van der Waals surface area contributed by atoms with Crippen LogP contribution in [0.5, 0.6) is 0 Å². The van der Waals surface area contributed by atoms with Gasteiger partial charge in [-0.1, -0.05) is 6.08 Å². The normalized spacial score (nSPS) is 24.1. The predicted molar refractivity (Wildman–Crippen MR) is 60.4 cm³/mol. The number of aliphatic hydroxyl groups is 1. The Morgan fingerprint density at radius 1 is 1.29 bits per heavy atom. The molecule has 94 valence electrons. The second-order valence-corrected chi connectivity index (χ2v) is 4.48. The first-order valence-corrected chi connectivity index (χ1v) is 5.26. The number of halogens is 3. The predicted octanol–water partition coefficient (Wildman–Crippen LogP) is 3.68. The smallest absolute Gasteiger partial charge is 0.386 e. The number of rotatable bonds is 1. The van der Waals surface area contributed by atoms with E-state index in [0.29, 0.717) is 6.42 Å². The van der Waals surface area contributed by atoms with Gasteiger partial charge in [0.25, 0.3) is 0 Å². The summed E-state index contributed by atoms with van der Waals surface area (Å²) in [5.41, 5.74) is 0.839. The van der Waals surface area contributed by atoms with Crippen molar-refractivity contribution in [1.29, 1.82) is 0 Å². The maximum Gasteiger partial charge on any atom is 0.417 e. The van der Waals surface area contributed by atoms with Crippen LogP contribution in [-0.4, -0.2) is 16.9 Å². The quantitative estimate of drug-likeness (QED) is 0.698. The van der Waals surface area contributed by atoms with Crippen LogP contribution in [0.1, 0.15) is 27.2 Å². The molecule has 0 spiro atoms. The van der Waals surface area contributed by atoms with Crippen LogP contribution in [0.4, 0.5) is 13.2 Å². The van der Waals surface area contributed by atoms with Gasteiger partial charge in [0.2, 0.25) is 0 Å². The molecule has 0 saturated heterocycles.